The number of aryl methyl sites for hydroxylation is 1. The van der Waals surface area contributed by atoms with E-state index in [1.807, 2.05) is 0 Å². The van der Waals surface area contributed by atoms with Crippen molar-refractivity contribution in [3.8, 4) is 0 Å². The van der Waals surface area contributed by atoms with E-state index in [1.54, 1.807) is 0 Å². The Bertz CT molecular complexity index is 303. The van der Waals surface area contributed by atoms with Crippen LogP contribution in [-0.2, 0) is 19.4 Å². The molecule has 0 fully saturated rings. The Morgan fingerprint density at radius 3 is 2.60 bits per heavy atom. The Morgan fingerprint density at radius 1 is 1.13 bits per heavy atom. The monoisotopic (exact) mass is 248 g/mol. The molecular weight excluding hydrogens is 231 g/mol. The Labute approximate surface area is 103 Å². The molecule has 0 unspecified atom stereocenters. The van der Waals surface area contributed by atoms with Gasteiger partial charge >= 0.3 is 0 Å². The summed E-state index contributed by atoms with van der Waals surface area (Å²) in [5, 5.41) is 0. The molecular formula is C11H18Cl2N2. The van der Waals surface area contributed by atoms with Gasteiger partial charge in [0.25, 0.3) is 0 Å². The third-order valence-corrected chi connectivity index (χ3v) is 2.79. The molecule has 0 radical (unpaired) electrons. The van der Waals surface area contributed by atoms with Gasteiger partial charge in [0.1, 0.15) is 0 Å². The van der Waals surface area contributed by atoms with E-state index in [1.165, 1.54) is 42.4 Å². The number of hydrazine groups is 1. The van der Waals surface area contributed by atoms with Crippen LogP contribution in [-0.4, -0.2) is 0 Å². The molecule has 0 amide bonds. The second-order valence-electron chi connectivity index (χ2n) is 3.64. The first kappa shape index (κ1) is 14.7. The van der Waals surface area contributed by atoms with Crippen molar-refractivity contribution in [3.63, 3.8) is 0 Å². The summed E-state index contributed by atoms with van der Waals surface area (Å²) >= 11 is 0. The van der Waals surface area contributed by atoms with Crippen LogP contribution < -0.4 is 11.3 Å². The molecule has 1 aliphatic carbocycles. The minimum absolute atomic E-state index is 0. The van der Waals surface area contributed by atoms with E-state index in [-0.39, 0.29) is 24.8 Å². The molecule has 2 nitrogen and oxygen atoms in total. The third kappa shape index (κ3) is 3.35. The largest absolute Gasteiger partial charge is 0.271 e. The molecule has 2 rings (SSSR count). The molecule has 0 spiro atoms. The van der Waals surface area contributed by atoms with Crippen LogP contribution in [0.5, 0.6) is 0 Å². The molecule has 0 saturated heterocycles. The summed E-state index contributed by atoms with van der Waals surface area (Å²) in [7, 11) is 0. The molecule has 86 valence electrons. The fourth-order valence-corrected chi connectivity index (χ4v) is 2.14. The molecule has 0 bridgehead atoms. The summed E-state index contributed by atoms with van der Waals surface area (Å²) in [6.07, 6.45) is 5.14. The predicted octanol–water partition coefficient (Wildman–Crippen LogP) is 2.37. The van der Waals surface area contributed by atoms with E-state index >= 15 is 0 Å². The van der Waals surface area contributed by atoms with Crippen LogP contribution in [0.1, 0.15) is 29.5 Å². The number of benzene rings is 1. The van der Waals surface area contributed by atoms with Crippen LogP contribution >= 0.6 is 24.8 Å². The summed E-state index contributed by atoms with van der Waals surface area (Å²) in [4.78, 5) is 0. The average Bonchev–Trinajstić information content (AvgIpc) is 2.19. The zero-order valence-electron chi connectivity index (χ0n) is 8.66. The lowest BCUT2D eigenvalue weighted by Crippen LogP contribution is -2.22. The van der Waals surface area contributed by atoms with Crippen molar-refractivity contribution in [1.29, 1.82) is 0 Å². The van der Waals surface area contributed by atoms with E-state index in [9.17, 15) is 0 Å². The van der Waals surface area contributed by atoms with Gasteiger partial charge in [-0.1, -0.05) is 18.2 Å². The highest BCUT2D eigenvalue weighted by Gasteiger charge is 2.11. The second-order valence-corrected chi connectivity index (χ2v) is 3.64. The lowest BCUT2D eigenvalue weighted by Gasteiger charge is -2.18. The minimum atomic E-state index is 0. The van der Waals surface area contributed by atoms with Crippen LogP contribution in [0.2, 0.25) is 0 Å². The normalized spacial score (nSPS) is 13.4. The second kappa shape index (κ2) is 7.07. The van der Waals surface area contributed by atoms with E-state index < -0.39 is 0 Å². The van der Waals surface area contributed by atoms with Crippen LogP contribution in [0.15, 0.2) is 18.2 Å². The van der Waals surface area contributed by atoms with Crippen molar-refractivity contribution in [1.82, 2.24) is 5.43 Å². The Kier molecular flexibility index (Phi) is 6.94. The molecule has 1 aliphatic rings. The molecule has 1 aromatic rings. The van der Waals surface area contributed by atoms with Gasteiger partial charge in [-0.05, 0) is 42.4 Å². The highest BCUT2D eigenvalue weighted by Crippen LogP contribution is 2.24. The number of fused-ring (bicyclic) bond motifs is 1. The van der Waals surface area contributed by atoms with Crippen molar-refractivity contribution in [3.05, 3.63) is 34.9 Å². The maximum Gasteiger partial charge on any atom is 0.0351 e. The van der Waals surface area contributed by atoms with Crippen LogP contribution in [0, 0.1) is 0 Å². The minimum Gasteiger partial charge on any atom is -0.271 e. The number of hydrogen-bond acceptors (Lipinski definition) is 2. The van der Waals surface area contributed by atoms with Gasteiger partial charge in [-0.15, -0.1) is 24.8 Å². The maximum absolute atomic E-state index is 5.34. The van der Waals surface area contributed by atoms with E-state index in [2.05, 4.69) is 23.6 Å². The lowest BCUT2D eigenvalue weighted by molar-refractivity contribution is 0.663. The van der Waals surface area contributed by atoms with Crippen molar-refractivity contribution >= 4 is 24.8 Å². The number of rotatable bonds is 2. The highest BCUT2D eigenvalue weighted by atomic mass is 35.5. The van der Waals surface area contributed by atoms with Crippen molar-refractivity contribution in [2.75, 3.05) is 0 Å². The highest BCUT2D eigenvalue weighted by molar-refractivity contribution is 5.85. The Balaban J connectivity index is 0.000000980. The number of hydrogen-bond donors (Lipinski definition) is 2. The van der Waals surface area contributed by atoms with Gasteiger partial charge in [0.05, 0.1) is 0 Å². The number of halogens is 2. The number of nitrogens with one attached hydrogen (secondary N) is 1. The van der Waals surface area contributed by atoms with Crippen molar-refractivity contribution in [2.45, 2.75) is 32.2 Å². The molecule has 0 aliphatic heterocycles. The van der Waals surface area contributed by atoms with E-state index in [4.69, 9.17) is 5.84 Å². The summed E-state index contributed by atoms with van der Waals surface area (Å²) in [5.41, 5.74) is 7.17. The average molecular weight is 249 g/mol. The SMILES string of the molecule is Cl.Cl.NNCc1cccc2c1CCCC2. The van der Waals surface area contributed by atoms with Gasteiger partial charge in [0.15, 0.2) is 0 Å². The zero-order chi connectivity index (χ0) is 9.10. The summed E-state index contributed by atoms with van der Waals surface area (Å²) in [6.45, 7) is 0.795. The first-order valence-corrected chi connectivity index (χ1v) is 4.95. The lowest BCUT2D eigenvalue weighted by atomic mass is 9.88. The molecule has 0 aromatic heterocycles. The smallest absolute Gasteiger partial charge is 0.0351 e. The van der Waals surface area contributed by atoms with E-state index in [0.29, 0.717) is 0 Å². The van der Waals surface area contributed by atoms with Crippen molar-refractivity contribution in [2.24, 2.45) is 5.84 Å². The summed E-state index contributed by atoms with van der Waals surface area (Å²) < 4.78 is 0. The molecule has 0 saturated carbocycles. The Morgan fingerprint density at radius 2 is 1.87 bits per heavy atom. The van der Waals surface area contributed by atoms with Gasteiger partial charge < -0.3 is 0 Å². The quantitative estimate of drug-likeness (QED) is 0.623. The molecule has 15 heavy (non-hydrogen) atoms. The molecule has 0 atom stereocenters. The standard InChI is InChI=1S/C11H16N2.2ClH/c12-13-8-10-6-3-5-9-4-1-2-7-11(9)10;;/h3,5-6,13H,1-2,4,7-8,12H2;2*1H. The van der Waals surface area contributed by atoms with Gasteiger partial charge in [-0.2, -0.15) is 0 Å². The van der Waals surface area contributed by atoms with E-state index in [0.717, 1.165) is 6.54 Å². The fourth-order valence-electron chi connectivity index (χ4n) is 2.14. The Hall–Kier alpha value is -0.280. The van der Waals surface area contributed by atoms with Gasteiger partial charge in [-0.25, -0.2) is 0 Å². The van der Waals surface area contributed by atoms with Crippen LogP contribution in [0.3, 0.4) is 0 Å². The summed E-state index contributed by atoms with van der Waals surface area (Å²) in [5.74, 6) is 5.34. The van der Waals surface area contributed by atoms with Gasteiger partial charge in [0, 0.05) is 6.54 Å². The fraction of sp³-hybridized carbons (Fsp3) is 0.455. The molecule has 4 heteroatoms. The zero-order valence-corrected chi connectivity index (χ0v) is 10.3. The van der Waals surface area contributed by atoms with Crippen molar-refractivity contribution < 1.29 is 0 Å². The van der Waals surface area contributed by atoms with Gasteiger partial charge in [-0.3, -0.25) is 11.3 Å². The van der Waals surface area contributed by atoms with Crippen LogP contribution in [0.4, 0.5) is 0 Å². The third-order valence-electron chi connectivity index (χ3n) is 2.79. The maximum atomic E-state index is 5.34. The topological polar surface area (TPSA) is 38.0 Å². The summed E-state index contributed by atoms with van der Waals surface area (Å²) in [6, 6.07) is 6.55. The predicted molar refractivity (Wildman–Crippen MR) is 68.6 cm³/mol. The molecule has 0 heterocycles. The van der Waals surface area contributed by atoms with Crippen LogP contribution in [0.25, 0.3) is 0 Å². The number of nitrogens with two attached hydrogens (primary N) is 1. The first-order chi connectivity index (χ1) is 6.42. The van der Waals surface area contributed by atoms with Gasteiger partial charge in [0.2, 0.25) is 0 Å². The first-order valence-electron chi connectivity index (χ1n) is 4.95. The molecule has 1 aromatic carbocycles. The molecule has 3 N–H and O–H groups in total.